The van der Waals surface area contributed by atoms with Crippen LogP contribution in [-0.2, 0) is 14.3 Å². The van der Waals surface area contributed by atoms with E-state index in [1.807, 2.05) is 13.8 Å². The Morgan fingerprint density at radius 1 is 1.42 bits per heavy atom. The summed E-state index contributed by atoms with van der Waals surface area (Å²) in [6, 6.07) is 0.962. The minimum Gasteiger partial charge on any atom is -0.455 e. The SMILES string of the molecule is C=C(C[Si](C)(C)C)[C@H](OC(=O)CC)[C@]1(C)O[C@H]1CC. The van der Waals surface area contributed by atoms with Gasteiger partial charge in [-0.25, -0.2) is 0 Å². The molecule has 0 aliphatic carbocycles. The molecule has 0 aromatic carbocycles. The monoisotopic (exact) mass is 284 g/mol. The normalized spacial score (nSPS) is 27.8. The summed E-state index contributed by atoms with van der Waals surface area (Å²) in [5, 5.41) is 0. The maximum atomic E-state index is 11.7. The number of hydrogen-bond acceptors (Lipinski definition) is 3. The zero-order valence-electron chi connectivity index (χ0n) is 13.2. The van der Waals surface area contributed by atoms with Crippen LogP contribution in [0.25, 0.3) is 0 Å². The number of carbonyl (C=O) groups is 1. The minimum absolute atomic E-state index is 0.173. The molecule has 0 bridgehead atoms. The Labute approximate surface area is 118 Å². The van der Waals surface area contributed by atoms with Gasteiger partial charge in [0.15, 0.2) is 6.10 Å². The Kier molecular flexibility index (Phi) is 5.01. The summed E-state index contributed by atoms with van der Waals surface area (Å²) in [5.74, 6) is -0.173. The molecule has 3 nitrogen and oxygen atoms in total. The van der Waals surface area contributed by atoms with E-state index in [4.69, 9.17) is 9.47 Å². The molecule has 0 saturated carbocycles. The van der Waals surface area contributed by atoms with Gasteiger partial charge >= 0.3 is 5.97 Å². The first kappa shape index (κ1) is 16.4. The van der Waals surface area contributed by atoms with E-state index in [0.717, 1.165) is 18.0 Å². The highest BCUT2D eigenvalue weighted by atomic mass is 28.3. The molecule has 0 spiro atoms. The molecule has 0 unspecified atom stereocenters. The fourth-order valence-corrected chi connectivity index (χ4v) is 4.13. The minimum atomic E-state index is -1.27. The van der Waals surface area contributed by atoms with Crippen molar-refractivity contribution in [2.75, 3.05) is 0 Å². The third kappa shape index (κ3) is 4.18. The molecule has 1 heterocycles. The van der Waals surface area contributed by atoms with Gasteiger partial charge in [0.25, 0.3) is 0 Å². The zero-order chi connectivity index (χ0) is 14.8. The van der Waals surface area contributed by atoms with Crippen LogP contribution in [0.3, 0.4) is 0 Å². The van der Waals surface area contributed by atoms with Crippen LogP contribution in [0.15, 0.2) is 12.2 Å². The van der Waals surface area contributed by atoms with Crippen LogP contribution in [0, 0.1) is 0 Å². The average molecular weight is 284 g/mol. The van der Waals surface area contributed by atoms with Crippen molar-refractivity contribution in [1.82, 2.24) is 0 Å². The Hall–Kier alpha value is -0.613. The van der Waals surface area contributed by atoms with Crippen molar-refractivity contribution in [2.24, 2.45) is 0 Å². The molecule has 0 aromatic heterocycles. The van der Waals surface area contributed by atoms with Gasteiger partial charge in [0.2, 0.25) is 0 Å². The van der Waals surface area contributed by atoms with Crippen LogP contribution in [0.5, 0.6) is 0 Å². The number of epoxide rings is 1. The summed E-state index contributed by atoms with van der Waals surface area (Å²) in [7, 11) is -1.27. The van der Waals surface area contributed by atoms with Crippen LogP contribution >= 0.6 is 0 Å². The second-order valence-electron chi connectivity index (χ2n) is 6.82. The molecular formula is C15H28O3Si. The van der Waals surface area contributed by atoms with Gasteiger partial charge in [-0.05, 0) is 25.0 Å². The highest BCUT2D eigenvalue weighted by Gasteiger charge is 2.59. The molecule has 0 amide bonds. The van der Waals surface area contributed by atoms with Crippen molar-refractivity contribution in [2.45, 2.75) is 77.1 Å². The molecule has 0 N–H and O–H groups in total. The predicted octanol–water partition coefficient (Wildman–Crippen LogP) is 3.77. The lowest BCUT2D eigenvalue weighted by Crippen LogP contribution is -2.37. The lowest BCUT2D eigenvalue weighted by atomic mass is 9.94. The van der Waals surface area contributed by atoms with Gasteiger partial charge in [0, 0.05) is 14.5 Å². The third-order valence-electron chi connectivity index (χ3n) is 3.54. The van der Waals surface area contributed by atoms with Gasteiger partial charge in [-0.2, -0.15) is 0 Å². The van der Waals surface area contributed by atoms with Crippen LogP contribution in [0.1, 0.15) is 33.6 Å². The summed E-state index contributed by atoms with van der Waals surface area (Å²) in [6.07, 6.45) is 1.22. The number of carbonyl (C=O) groups excluding carboxylic acids is 1. The maximum Gasteiger partial charge on any atom is 0.306 e. The highest BCUT2D eigenvalue weighted by molar-refractivity contribution is 6.76. The van der Waals surface area contributed by atoms with E-state index < -0.39 is 8.07 Å². The topological polar surface area (TPSA) is 38.8 Å². The smallest absolute Gasteiger partial charge is 0.306 e. The van der Waals surface area contributed by atoms with E-state index in [9.17, 15) is 4.79 Å². The van der Waals surface area contributed by atoms with E-state index in [1.54, 1.807) is 0 Å². The van der Waals surface area contributed by atoms with E-state index in [2.05, 4.69) is 33.1 Å². The summed E-state index contributed by atoms with van der Waals surface area (Å²) in [6.45, 7) is 17.0. The largest absolute Gasteiger partial charge is 0.455 e. The molecular weight excluding hydrogens is 256 g/mol. The van der Waals surface area contributed by atoms with Crippen LogP contribution in [0.2, 0.25) is 25.7 Å². The Morgan fingerprint density at radius 2 is 2.00 bits per heavy atom. The Bertz CT molecular complexity index is 359. The van der Waals surface area contributed by atoms with Crippen molar-refractivity contribution < 1.29 is 14.3 Å². The number of rotatable bonds is 7. The third-order valence-corrected chi connectivity index (χ3v) is 5.05. The first-order valence-electron chi connectivity index (χ1n) is 7.19. The van der Waals surface area contributed by atoms with Gasteiger partial charge < -0.3 is 9.47 Å². The van der Waals surface area contributed by atoms with Crippen molar-refractivity contribution in [3.8, 4) is 0 Å². The lowest BCUT2D eigenvalue weighted by molar-refractivity contribution is -0.149. The molecule has 0 radical (unpaired) electrons. The molecule has 4 heteroatoms. The standard InChI is InChI=1S/C15H28O3Si/c1-8-12-15(4,18-12)14(17-13(16)9-2)11(3)10-19(5,6)7/h12,14H,3,8-10H2,1-2,4-7H3/t12-,14-,15+/m0/s1. The summed E-state index contributed by atoms with van der Waals surface area (Å²) < 4.78 is 11.4. The fourth-order valence-electron chi connectivity index (χ4n) is 2.59. The first-order chi connectivity index (χ1) is 8.64. The van der Waals surface area contributed by atoms with E-state index in [-0.39, 0.29) is 23.8 Å². The molecule has 110 valence electrons. The van der Waals surface area contributed by atoms with E-state index in [0.29, 0.717) is 6.42 Å². The van der Waals surface area contributed by atoms with Gasteiger partial charge in [0.1, 0.15) is 5.60 Å². The van der Waals surface area contributed by atoms with Crippen molar-refractivity contribution >= 4 is 14.0 Å². The van der Waals surface area contributed by atoms with E-state index >= 15 is 0 Å². The summed E-state index contributed by atoms with van der Waals surface area (Å²) in [5.41, 5.74) is 0.649. The van der Waals surface area contributed by atoms with Crippen LogP contribution in [0.4, 0.5) is 0 Å². The number of hydrogen-bond donors (Lipinski definition) is 0. The Morgan fingerprint density at radius 3 is 2.37 bits per heavy atom. The van der Waals surface area contributed by atoms with Gasteiger partial charge in [-0.1, -0.05) is 40.1 Å². The van der Waals surface area contributed by atoms with Gasteiger partial charge in [-0.15, -0.1) is 0 Å². The molecule has 1 saturated heterocycles. The molecule has 3 atom stereocenters. The predicted molar refractivity (Wildman–Crippen MR) is 81.0 cm³/mol. The molecule has 1 rings (SSSR count). The van der Waals surface area contributed by atoms with Crippen molar-refractivity contribution in [3.05, 3.63) is 12.2 Å². The highest BCUT2D eigenvalue weighted by Crippen LogP contribution is 2.46. The van der Waals surface area contributed by atoms with Crippen LogP contribution < -0.4 is 0 Å². The quantitative estimate of drug-likeness (QED) is 0.309. The molecule has 19 heavy (non-hydrogen) atoms. The number of ether oxygens (including phenoxy) is 2. The summed E-state index contributed by atoms with van der Waals surface area (Å²) >= 11 is 0. The fraction of sp³-hybridized carbons (Fsp3) is 0.800. The van der Waals surface area contributed by atoms with Crippen LogP contribution in [-0.4, -0.2) is 31.9 Å². The second kappa shape index (κ2) is 5.79. The zero-order valence-corrected chi connectivity index (χ0v) is 14.2. The maximum absolute atomic E-state index is 11.7. The van der Waals surface area contributed by atoms with E-state index in [1.165, 1.54) is 0 Å². The molecule has 1 aliphatic rings. The van der Waals surface area contributed by atoms with Crippen molar-refractivity contribution in [3.63, 3.8) is 0 Å². The number of esters is 1. The molecule has 0 aromatic rings. The average Bonchev–Trinajstić information content (AvgIpc) is 2.95. The molecule has 1 aliphatic heterocycles. The first-order valence-corrected chi connectivity index (χ1v) is 10.9. The lowest BCUT2D eigenvalue weighted by Gasteiger charge is -2.27. The van der Waals surface area contributed by atoms with Gasteiger partial charge in [-0.3, -0.25) is 4.79 Å². The second-order valence-corrected chi connectivity index (χ2v) is 12.3. The Balaban J connectivity index is 2.82. The van der Waals surface area contributed by atoms with Crippen molar-refractivity contribution in [1.29, 1.82) is 0 Å². The molecule has 1 fully saturated rings. The van der Waals surface area contributed by atoms with Gasteiger partial charge in [0.05, 0.1) is 6.10 Å². The summed E-state index contributed by atoms with van der Waals surface area (Å²) in [4.78, 5) is 11.7.